The molecule has 1 aromatic carbocycles. The van der Waals surface area contributed by atoms with Crippen molar-refractivity contribution in [3.63, 3.8) is 0 Å². The maximum absolute atomic E-state index is 12.4. The van der Waals surface area contributed by atoms with Crippen molar-refractivity contribution >= 4 is 22.1 Å². The van der Waals surface area contributed by atoms with Crippen LogP contribution in [0.1, 0.15) is 11.1 Å². The van der Waals surface area contributed by atoms with Gasteiger partial charge in [-0.15, -0.1) is 0 Å². The molecule has 8 nitrogen and oxygen atoms in total. The summed E-state index contributed by atoms with van der Waals surface area (Å²) < 4.78 is 28.9. The van der Waals surface area contributed by atoms with E-state index in [4.69, 9.17) is 5.11 Å². The van der Waals surface area contributed by atoms with Gasteiger partial charge in [-0.1, -0.05) is 18.2 Å². The van der Waals surface area contributed by atoms with E-state index >= 15 is 0 Å². The van der Waals surface area contributed by atoms with Gasteiger partial charge >= 0.3 is 5.97 Å². The summed E-state index contributed by atoms with van der Waals surface area (Å²) in [6.07, 6.45) is 7.37. The average molecular weight is 384 g/mol. The Morgan fingerprint density at radius 1 is 1.19 bits per heavy atom. The Morgan fingerprint density at radius 2 is 1.96 bits per heavy atom. The summed E-state index contributed by atoms with van der Waals surface area (Å²) in [5.74, 6) is -0.433. The third-order valence-electron chi connectivity index (χ3n) is 3.62. The lowest BCUT2D eigenvalue weighted by molar-refractivity contribution is -0.131. The minimum Gasteiger partial charge on any atom is -0.478 e. The SMILES string of the molecule is O=C(O)/C=C/c1ccc(S(=O)(=O)NCc2ccc(-n3cccn3)nc2)cc1. The third kappa shape index (κ3) is 4.87. The normalized spacial score (nSPS) is 11.7. The van der Waals surface area contributed by atoms with E-state index in [9.17, 15) is 13.2 Å². The molecule has 0 atom stereocenters. The van der Waals surface area contributed by atoms with Crippen LogP contribution in [0.15, 0.2) is 72.0 Å². The van der Waals surface area contributed by atoms with E-state index in [-0.39, 0.29) is 11.4 Å². The highest BCUT2D eigenvalue weighted by Gasteiger charge is 2.13. The van der Waals surface area contributed by atoms with Gasteiger partial charge in [0, 0.05) is 31.2 Å². The minimum atomic E-state index is -3.70. The number of carbonyl (C=O) groups is 1. The van der Waals surface area contributed by atoms with Gasteiger partial charge in [0.1, 0.15) is 0 Å². The zero-order valence-corrected chi connectivity index (χ0v) is 14.9. The Hall–Kier alpha value is -3.30. The molecule has 0 fully saturated rings. The maximum Gasteiger partial charge on any atom is 0.328 e. The molecule has 0 saturated carbocycles. The molecule has 0 spiro atoms. The monoisotopic (exact) mass is 384 g/mol. The summed E-state index contributed by atoms with van der Waals surface area (Å²) in [5.41, 5.74) is 1.30. The summed E-state index contributed by atoms with van der Waals surface area (Å²) in [5, 5.41) is 12.7. The molecule has 3 aromatic rings. The summed E-state index contributed by atoms with van der Waals surface area (Å²) in [4.78, 5) is 14.8. The summed E-state index contributed by atoms with van der Waals surface area (Å²) in [6, 6.07) is 11.2. The number of benzene rings is 1. The standard InChI is InChI=1S/C18H16N4O4S/c23-18(24)9-5-14-2-6-16(7-3-14)27(25,26)21-13-15-4-8-17(19-12-15)22-11-1-10-20-22/h1-12,21H,13H2,(H,23,24)/b9-5+. The fourth-order valence-electron chi connectivity index (χ4n) is 2.25. The second-order valence-electron chi connectivity index (χ2n) is 5.54. The van der Waals surface area contributed by atoms with Crippen molar-refractivity contribution in [1.29, 1.82) is 0 Å². The van der Waals surface area contributed by atoms with Gasteiger partial charge in [-0.3, -0.25) is 0 Å². The van der Waals surface area contributed by atoms with E-state index in [1.54, 1.807) is 41.5 Å². The van der Waals surface area contributed by atoms with Gasteiger partial charge in [-0.05, 0) is 41.5 Å². The van der Waals surface area contributed by atoms with Crippen molar-refractivity contribution in [2.45, 2.75) is 11.4 Å². The Kier molecular flexibility index (Phi) is 5.43. The van der Waals surface area contributed by atoms with Crippen LogP contribution in [0.3, 0.4) is 0 Å². The van der Waals surface area contributed by atoms with Crippen LogP contribution in [-0.2, 0) is 21.4 Å². The Labute approximate surface area is 155 Å². The second-order valence-corrected chi connectivity index (χ2v) is 7.31. The molecule has 9 heteroatoms. The van der Waals surface area contributed by atoms with Gasteiger partial charge in [0.2, 0.25) is 10.0 Å². The minimum absolute atomic E-state index is 0.0926. The zero-order chi connectivity index (χ0) is 19.3. The van der Waals surface area contributed by atoms with Crippen LogP contribution < -0.4 is 4.72 Å². The first-order valence-electron chi connectivity index (χ1n) is 7.90. The van der Waals surface area contributed by atoms with Gasteiger partial charge in [0.15, 0.2) is 5.82 Å². The number of rotatable bonds is 7. The Bertz CT molecular complexity index is 1040. The van der Waals surface area contributed by atoms with Gasteiger partial charge in [0.25, 0.3) is 0 Å². The molecule has 0 saturated heterocycles. The van der Waals surface area contributed by atoms with E-state index in [0.717, 1.165) is 6.08 Å². The quantitative estimate of drug-likeness (QED) is 0.601. The largest absolute Gasteiger partial charge is 0.478 e. The zero-order valence-electron chi connectivity index (χ0n) is 14.1. The van der Waals surface area contributed by atoms with E-state index in [1.165, 1.54) is 30.3 Å². The number of nitrogens with zero attached hydrogens (tertiary/aromatic N) is 3. The molecule has 2 aromatic heterocycles. The Morgan fingerprint density at radius 3 is 2.56 bits per heavy atom. The van der Waals surface area contributed by atoms with Crippen molar-refractivity contribution < 1.29 is 18.3 Å². The van der Waals surface area contributed by atoms with Gasteiger partial charge < -0.3 is 5.11 Å². The number of nitrogens with one attached hydrogen (secondary N) is 1. The van der Waals surface area contributed by atoms with E-state index < -0.39 is 16.0 Å². The van der Waals surface area contributed by atoms with Crippen molar-refractivity contribution in [3.8, 4) is 5.82 Å². The van der Waals surface area contributed by atoms with Gasteiger partial charge in [0.05, 0.1) is 4.90 Å². The third-order valence-corrected chi connectivity index (χ3v) is 5.04. The molecular weight excluding hydrogens is 368 g/mol. The number of aromatic nitrogens is 3. The number of sulfonamides is 1. The van der Waals surface area contributed by atoms with Crippen LogP contribution in [0.5, 0.6) is 0 Å². The molecule has 2 heterocycles. The number of hydrogen-bond donors (Lipinski definition) is 2. The van der Waals surface area contributed by atoms with Gasteiger partial charge in [-0.25, -0.2) is 27.6 Å². The smallest absolute Gasteiger partial charge is 0.328 e. The first kappa shape index (κ1) is 18.5. The Balaban J connectivity index is 1.65. The molecule has 0 radical (unpaired) electrons. The van der Waals surface area contributed by atoms with Gasteiger partial charge in [-0.2, -0.15) is 5.10 Å². The average Bonchev–Trinajstić information content (AvgIpc) is 3.20. The molecule has 0 aliphatic carbocycles. The number of aliphatic carboxylic acids is 1. The second kappa shape index (κ2) is 7.94. The molecule has 2 N–H and O–H groups in total. The highest BCUT2D eigenvalue weighted by atomic mass is 32.2. The van der Waals surface area contributed by atoms with Crippen LogP contribution in [0, 0.1) is 0 Å². The van der Waals surface area contributed by atoms with Crippen LogP contribution >= 0.6 is 0 Å². The number of carboxylic acid groups (broad SMARTS) is 1. The van der Waals surface area contributed by atoms with Crippen LogP contribution in [0.2, 0.25) is 0 Å². The highest BCUT2D eigenvalue weighted by molar-refractivity contribution is 7.89. The maximum atomic E-state index is 12.4. The molecule has 27 heavy (non-hydrogen) atoms. The number of carboxylic acids is 1. The lowest BCUT2D eigenvalue weighted by Gasteiger charge is -2.08. The predicted molar refractivity (Wildman–Crippen MR) is 98.5 cm³/mol. The molecule has 0 aliphatic heterocycles. The summed E-state index contributed by atoms with van der Waals surface area (Å²) in [6.45, 7) is 0.0926. The summed E-state index contributed by atoms with van der Waals surface area (Å²) >= 11 is 0. The number of pyridine rings is 1. The topological polar surface area (TPSA) is 114 Å². The molecular formula is C18H16N4O4S. The van der Waals surface area contributed by atoms with Crippen molar-refractivity contribution in [2.24, 2.45) is 0 Å². The molecule has 0 unspecified atom stereocenters. The number of hydrogen-bond acceptors (Lipinski definition) is 5. The van der Waals surface area contributed by atoms with E-state index in [0.29, 0.717) is 16.9 Å². The fraction of sp³-hybridized carbons (Fsp3) is 0.0556. The molecule has 0 aliphatic rings. The lowest BCUT2D eigenvalue weighted by atomic mass is 10.2. The summed E-state index contributed by atoms with van der Waals surface area (Å²) in [7, 11) is -3.70. The molecule has 0 bridgehead atoms. The van der Waals surface area contributed by atoms with Crippen molar-refractivity contribution in [2.75, 3.05) is 0 Å². The fourth-order valence-corrected chi connectivity index (χ4v) is 3.27. The van der Waals surface area contributed by atoms with Crippen LogP contribution in [0.25, 0.3) is 11.9 Å². The van der Waals surface area contributed by atoms with E-state index in [2.05, 4.69) is 14.8 Å². The highest BCUT2D eigenvalue weighted by Crippen LogP contribution is 2.13. The van der Waals surface area contributed by atoms with E-state index in [1.807, 2.05) is 0 Å². The van der Waals surface area contributed by atoms with Crippen molar-refractivity contribution in [3.05, 3.63) is 78.3 Å². The van der Waals surface area contributed by atoms with Crippen LogP contribution in [-0.4, -0.2) is 34.3 Å². The predicted octanol–water partition coefficient (Wildman–Crippen LogP) is 1.84. The lowest BCUT2D eigenvalue weighted by Crippen LogP contribution is -2.23. The van der Waals surface area contributed by atoms with Crippen molar-refractivity contribution in [1.82, 2.24) is 19.5 Å². The molecule has 138 valence electrons. The molecule has 0 amide bonds. The van der Waals surface area contributed by atoms with Crippen LogP contribution in [0.4, 0.5) is 0 Å². The first-order chi connectivity index (χ1) is 12.9. The molecule has 3 rings (SSSR count). The first-order valence-corrected chi connectivity index (χ1v) is 9.38.